The molecule has 1 atom stereocenters. The minimum absolute atomic E-state index is 0.248. The number of thioether (sulfide) groups is 1. The summed E-state index contributed by atoms with van der Waals surface area (Å²) in [5, 5.41) is 10.4. The van der Waals surface area contributed by atoms with Crippen molar-refractivity contribution in [2.24, 2.45) is 5.92 Å². The Kier molecular flexibility index (Phi) is 5.48. The SMILES string of the molecule is COc1ccc2nc(/C=C3/SC(=S)N([C@@H](C(=O)O)C(C)C)C3=O)ccc2c1. The van der Waals surface area contributed by atoms with E-state index in [4.69, 9.17) is 17.0 Å². The number of aromatic nitrogens is 1. The van der Waals surface area contributed by atoms with Crippen LogP contribution in [0.3, 0.4) is 0 Å². The van der Waals surface area contributed by atoms with E-state index in [0.29, 0.717) is 10.6 Å². The predicted molar refractivity (Wildman–Crippen MR) is 110 cm³/mol. The van der Waals surface area contributed by atoms with Crippen LogP contribution in [0, 0.1) is 5.92 Å². The largest absolute Gasteiger partial charge is 0.497 e. The van der Waals surface area contributed by atoms with Crippen molar-refractivity contribution in [1.29, 1.82) is 0 Å². The lowest BCUT2D eigenvalue weighted by atomic mass is 10.0. The van der Waals surface area contributed by atoms with Crippen LogP contribution >= 0.6 is 24.0 Å². The van der Waals surface area contributed by atoms with Crippen LogP contribution in [0.4, 0.5) is 0 Å². The summed E-state index contributed by atoms with van der Waals surface area (Å²) >= 11 is 6.36. The van der Waals surface area contributed by atoms with E-state index >= 15 is 0 Å². The summed E-state index contributed by atoms with van der Waals surface area (Å²) in [4.78, 5) is 30.4. The molecule has 1 aromatic carbocycles. The predicted octanol–water partition coefficient (Wildman–Crippen LogP) is 3.55. The molecule has 2 aromatic rings. The maximum Gasteiger partial charge on any atom is 0.327 e. The van der Waals surface area contributed by atoms with E-state index in [9.17, 15) is 14.7 Å². The highest BCUT2D eigenvalue weighted by Crippen LogP contribution is 2.35. The third-order valence-corrected chi connectivity index (χ3v) is 5.51. The second kappa shape index (κ2) is 7.66. The Morgan fingerprint density at radius 3 is 2.70 bits per heavy atom. The Morgan fingerprint density at radius 2 is 2.07 bits per heavy atom. The topological polar surface area (TPSA) is 79.7 Å². The number of nitrogens with zero attached hydrogens (tertiary/aromatic N) is 2. The number of hydrogen-bond donors (Lipinski definition) is 1. The molecule has 1 fully saturated rings. The number of carbonyl (C=O) groups is 2. The number of methoxy groups -OCH3 is 1. The maximum atomic E-state index is 12.8. The summed E-state index contributed by atoms with van der Waals surface area (Å²) in [7, 11) is 1.60. The van der Waals surface area contributed by atoms with E-state index in [2.05, 4.69) is 4.98 Å². The number of benzene rings is 1. The van der Waals surface area contributed by atoms with E-state index in [0.717, 1.165) is 28.4 Å². The average Bonchev–Trinajstić information content (AvgIpc) is 2.88. The number of thiocarbonyl (C=S) groups is 1. The summed E-state index contributed by atoms with van der Waals surface area (Å²) in [6.07, 6.45) is 1.64. The summed E-state index contributed by atoms with van der Waals surface area (Å²) in [5.41, 5.74) is 1.37. The number of rotatable bonds is 5. The maximum absolute atomic E-state index is 12.8. The number of ether oxygens (including phenoxy) is 1. The minimum atomic E-state index is -1.07. The van der Waals surface area contributed by atoms with Gasteiger partial charge in [0.15, 0.2) is 0 Å². The molecule has 1 saturated heterocycles. The quantitative estimate of drug-likeness (QED) is 0.605. The normalized spacial score (nSPS) is 17.2. The van der Waals surface area contributed by atoms with E-state index in [1.807, 2.05) is 24.3 Å². The van der Waals surface area contributed by atoms with Gasteiger partial charge in [-0.15, -0.1) is 0 Å². The molecule has 6 nitrogen and oxygen atoms in total. The van der Waals surface area contributed by atoms with Crippen molar-refractivity contribution in [2.75, 3.05) is 7.11 Å². The lowest BCUT2D eigenvalue weighted by molar-refractivity contribution is -0.146. The molecule has 2 heterocycles. The first-order valence-electron chi connectivity index (χ1n) is 8.26. The van der Waals surface area contributed by atoms with Crippen LogP contribution in [0.2, 0.25) is 0 Å². The number of amides is 1. The summed E-state index contributed by atoms with van der Waals surface area (Å²) in [6.45, 7) is 3.50. The zero-order chi connectivity index (χ0) is 19.7. The Labute approximate surface area is 166 Å². The van der Waals surface area contributed by atoms with Crippen molar-refractivity contribution in [3.05, 3.63) is 40.9 Å². The number of fused-ring (bicyclic) bond motifs is 1. The first-order valence-corrected chi connectivity index (χ1v) is 9.49. The molecule has 3 rings (SSSR count). The fraction of sp³-hybridized carbons (Fsp3) is 0.263. The molecule has 1 amide bonds. The van der Waals surface area contributed by atoms with Crippen LogP contribution in [-0.4, -0.2) is 44.3 Å². The molecular formula is C19H18N2O4S2. The average molecular weight is 402 g/mol. The molecule has 8 heteroatoms. The Balaban J connectivity index is 1.93. The first-order chi connectivity index (χ1) is 12.8. The third-order valence-electron chi connectivity index (χ3n) is 4.18. The molecule has 1 aromatic heterocycles. The molecule has 1 aliphatic heterocycles. The Bertz CT molecular complexity index is 971. The van der Waals surface area contributed by atoms with Crippen molar-refractivity contribution in [3.8, 4) is 5.75 Å². The van der Waals surface area contributed by atoms with E-state index in [1.54, 1.807) is 33.1 Å². The van der Waals surface area contributed by atoms with E-state index in [-0.39, 0.29) is 10.2 Å². The van der Waals surface area contributed by atoms with Gasteiger partial charge >= 0.3 is 5.97 Å². The van der Waals surface area contributed by atoms with Crippen molar-refractivity contribution < 1.29 is 19.4 Å². The lowest BCUT2D eigenvalue weighted by Crippen LogP contribution is -2.47. The molecule has 0 bridgehead atoms. The van der Waals surface area contributed by atoms with Crippen molar-refractivity contribution >= 4 is 57.2 Å². The van der Waals surface area contributed by atoms with Gasteiger partial charge in [-0.3, -0.25) is 9.69 Å². The minimum Gasteiger partial charge on any atom is -0.497 e. The van der Waals surface area contributed by atoms with Crippen molar-refractivity contribution in [3.63, 3.8) is 0 Å². The third kappa shape index (κ3) is 3.81. The fourth-order valence-electron chi connectivity index (χ4n) is 2.87. The van der Waals surface area contributed by atoms with Gasteiger partial charge in [-0.05, 0) is 36.3 Å². The molecule has 1 aliphatic rings. The van der Waals surface area contributed by atoms with E-state index in [1.165, 1.54) is 4.90 Å². The zero-order valence-corrected chi connectivity index (χ0v) is 16.6. The highest BCUT2D eigenvalue weighted by molar-refractivity contribution is 8.26. The van der Waals surface area contributed by atoms with Gasteiger partial charge in [0.05, 0.1) is 23.2 Å². The molecule has 0 aliphatic carbocycles. The van der Waals surface area contributed by atoms with Crippen LogP contribution in [0.5, 0.6) is 5.75 Å². The van der Waals surface area contributed by atoms with Crippen LogP contribution in [0.15, 0.2) is 35.2 Å². The van der Waals surface area contributed by atoms with Crippen LogP contribution in [0.25, 0.3) is 17.0 Å². The summed E-state index contributed by atoms with van der Waals surface area (Å²) < 4.78 is 5.45. The van der Waals surface area contributed by atoms with Gasteiger partial charge in [0.25, 0.3) is 5.91 Å². The molecule has 0 saturated carbocycles. The highest BCUT2D eigenvalue weighted by atomic mass is 32.2. The van der Waals surface area contributed by atoms with E-state index < -0.39 is 17.9 Å². The van der Waals surface area contributed by atoms with Crippen LogP contribution < -0.4 is 4.74 Å². The number of pyridine rings is 1. The molecular weight excluding hydrogens is 384 g/mol. The molecule has 0 spiro atoms. The fourth-order valence-corrected chi connectivity index (χ4v) is 4.19. The number of carbonyl (C=O) groups excluding carboxylic acids is 1. The van der Waals surface area contributed by atoms with Crippen molar-refractivity contribution in [2.45, 2.75) is 19.9 Å². The van der Waals surface area contributed by atoms with Gasteiger partial charge in [0.1, 0.15) is 16.1 Å². The number of carboxylic acids is 1. The summed E-state index contributed by atoms with van der Waals surface area (Å²) in [6, 6.07) is 8.25. The molecule has 140 valence electrons. The van der Waals surface area contributed by atoms with Gasteiger partial charge in [-0.2, -0.15) is 0 Å². The molecule has 27 heavy (non-hydrogen) atoms. The molecule has 0 radical (unpaired) electrons. The first kappa shape index (κ1) is 19.3. The highest BCUT2D eigenvalue weighted by Gasteiger charge is 2.41. The molecule has 0 unspecified atom stereocenters. The Hall–Kier alpha value is -2.45. The number of carboxylic acid groups (broad SMARTS) is 1. The zero-order valence-electron chi connectivity index (χ0n) is 15.0. The summed E-state index contributed by atoms with van der Waals surface area (Å²) in [5.74, 6) is -0.993. The standard InChI is InChI=1S/C19H18N2O4S2/c1-10(2)16(18(23)24)21-17(22)15(27-19(21)26)9-12-5-4-11-8-13(25-3)6-7-14(11)20-12/h4-10,16H,1-3H3,(H,23,24)/b15-9+/t16-/m1/s1. The monoisotopic (exact) mass is 402 g/mol. The number of aliphatic carboxylic acids is 1. The van der Waals surface area contributed by atoms with Crippen molar-refractivity contribution in [1.82, 2.24) is 9.88 Å². The van der Waals surface area contributed by atoms with Gasteiger partial charge in [-0.1, -0.05) is 43.9 Å². The van der Waals surface area contributed by atoms with Crippen LogP contribution in [-0.2, 0) is 9.59 Å². The van der Waals surface area contributed by atoms with Gasteiger partial charge in [0, 0.05) is 5.39 Å². The number of hydrogen-bond acceptors (Lipinski definition) is 6. The molecule has 1 N–H and O–H groups in total. The van der Waals surface area contributed by atoms with Gasteiger partial charge in [0.2, 0.25) is 0 Å². The Morgan fingerprint density at radius 1 is 1.33 bits per heavy atom. The van der Waals surface area contributed by atoms with Gasteiger partial charge < -0.3 is 9.84 Å². The lowest BCUT2D eigenvalue weighted by Gasteiger charge is -2.26. The van der Waals surface area contributed by atoms with Gasteiger partial charge in [-0.25, -0.2) is 9.78 Å². The second-order valence-electron chi connectivity index (χ2n) is 6.37. The smallest absolute Gasteiger partial charge is 0.327 e. The van der Waals surface area contributed by atoms with Crippen LogP contribution in [0.1, 0.15) is 19.5 Å². The second-order valence-corrected chi connectivity index (χ2v) is 8.05.